The second kappa shape index (κ2) is 9.19. The van der Waals surface area contributed by atoms with E-state index in [1.54, 1.807) is 42.7 Å². The van der Waals surface area contributed by atoms with Crippen LogP contribution in [0.25, 0.3) is 22.0 Å². The average molecular weight is 477 g/mol. The summed E-state index contributed by atoms with van der Waals surface area (Å²) >= 11 is 0. The van der Waals surface area contributed by atoms with Crippen molar-refractivity contribution in [3.8, 4) is 11.1 Å². The molecule has 0 unspecified atom stereocenters. The Kier molecular flexibility index (Phi) is 6.06. The molecule has 2 heterocycles. The van der Waals surface area contributed by atoms with Crippen molar-refractivity contribution in [3.63, 3.8) is 0 Å². The van der Waals surface area contributed by atoms with Crippen molar-refractivity contribution in [1.29, 1.82) is 0 Å². The maximum Gasteiger partial charge on any atom is 0.251 e. The summed E-state index contributed by atoms with van der Waals surface area (Å²) < 4.78 is 32.2. The molecule has 1 aliphatic rings. The van der Waals surface area contributed by atoms with Crippen LogP contribution in [0, 0.1) is 12.8 Å². The number of aliphatic hydroxyl groups is 1. The predicted molar refractivity (Wildman–Crippen MR) is 129 cm³/mol. The van der Waals surface area contributed by atoms with Crippen molar-refractivity contribution in [3.05, 3.63) is 84.3 Å². The van der Waals surface area contributed by atoms with Gasteiger partial charge in [-0.2, -0.15) is 5.10 Å². The Morgan fingerprint density at radius 3 is 2.74 bits per heavy atom. The molecule has 0 aliphatic heterocycles. The van der Waals surface area contributed by atoms with Gasteiger partial charge >= 0.3 is 0 Å². The molecule has 2 aromatic carbocycles. The summed E-state index contributed by atoms with van der Waals surface area (Å²) in [5.41, 5.74) is 3.82. The summed E-state index contributed by atoms with van der Waals surface area (Å²) in [5, 5.41) is 18.4. The molecule has 1 aliphatic carbocycles. The first-order valence-electron chi connectivity index (χ1n) is 11.6. The molecule has 1 saturated carbocycles. The first-order valence-corrected chi connectivity index (χ1v) is 11.6. The first kappa shape index (κ1) is 23.1. The topological polar surface area (TPSA) is 80.0 Å². The third-order valence-electron chi connectivity index (χ3n) is 6.73. The van der Waals surface area contributed by atoms with Gasteiger partial charge in [0.05, 0.1) is 5.52 Å². The summed E-state index contributed by atoms with van der Waals surface area (Å²) in [6.45, 7) is 1.96. The molecule has 0 saturated heterocycles. The van der Waals surface area contributed by atoms with Gasteiger partial charge in [0.25, 0.3) is 5.91 Å². The van der Waals surface area contributed by atoms with E-state index in [0.29, 0.717) is 16.5 Å². The summed E-state index contributed by atoms with van der Waals surface area (Å²) in [7, 11) is 0. The Morgan fingerprint density at radius 1 is 1.17 bits per heavy atom. The lowest BCUT2D eigenvalue weighted by Gasteiger charge is -2.40. The molecule has 4 atom stereocenters. The summed E-state index contributed by atoms with van der Waals surface area (Å²) in [5.74, 6) is -3.42. The first-order chi connectivity index (χ1) is 16.8. The Hall–Kier alpha value is -3.65. The van der Waals surface area contributed by atoms with E-state index in [2.05, 4.69) is 15.4 Å². The molecule has 0 bridgehead atoms. The number of nitrogens with zero attached hydrogens (tertiary/aromatic N) is 3. The molecule has 0 radical (unpaired) electrons. The number of carbonyl (C=O) groups excluding carboxylic acids is 1. The highest BCUT2D eigenvalue weighted by atomic mass is 19.2. The number of nitrogens with one attached hydrogen (secondary N) is 1. The molecular formula is C27H26F2N4O2. The van der Waals surface area contributed by atoms with Gasteiger partial charge in [-0.25, -0.2) is 13.5 Å². The van der Waals surface area contributed by atoms with Gasteiger partial charge in [0, 0.05) is 54.0 Å². The molecule has 4 aromatic rings. The number of rotatable bonds is 5. The smallest absolute Gasteiger partial charge is 0.251 e. The van der Waals surface area contributed by atoms with Crippen LogP contribution in [0.15, 0.2) is 73.2 Å². The predicted octanol–water partition coefficient (Wildman–Crippen LogP) is 4.57. The average Bonchev–Trinajstić information content (AvgIpc) is 3.31. The molecule has 1 amide bonds. The maximum absolute atomic E-state index is 16.0. The van der Waals surface area contributed by atoms with Gasteiger partial charge in [-0.3, -0.25) is 9.78 Å². The van der Waals surface area contributed by atoms with Gasteiger partial charge in [-0.1, -0.05) is 30.3 Å². The molecule has 35 heavy (non-hydrogen) atoms. The van der Waals surface area contributed by atoms with E-state index in [0.717, 1.165) is 21.4 Å². The van der Waals surface area contributed by atoms with E-state index in [9.17, 15) is 9.90 Å². The van der Waals surface area contributed by atoms with Crippen molar-refractivity contribution < 1.29 is 18.7 Å². The van der Waals surface area contributed by atoms with Gasteiger partial charge in [-0.15, -0.1) is 0 Å². The molecule has 8 heteroatoms. The van der Waals surface area contributed by atoms with Crippen LogP contribution in [-0.2, 0) is 5.79 Å². The van der Waals surface area contributed by atoms with E-state index in [-0.39, 0.29) is 25.3 Å². The Morgan fingerprint density at radius 2 is 1.97 bits per heavy atom. The fourth-order valence-corrected chi connectivity index (χ4v) is 4.68. The van der Waals surface area contributed by atoms with Gasteiger partial charge in [0.1, 0.15) is 12.3 Å². The second-order valence-electron chi connectivity index (χ2n) is 9.18. The number of hydrogen-bond donors (Lipinski definition) is 2. The van der Waals surface area contributed by atoms with Crippen LogP contribution in [0.3, 0.4) is 0 Å². The van der Waals surface area contributed by atoms with E-state index in [1.165, 1.54) is 6.20 Å². The standard InChI is InChI=1S/C27H26F2N4O2/c1-17-11-22(14-30-13-17)19-7-8-21-16-33(32-23(21)12-19)27(29)10-9-20(24(28)25(27)34)15-31-26(35)18-5-3-2-4-6-18/h2-8,11-14,16,20,24-25,34H,9-10,15H2,1H3,(H,31,35)/t20-,24-,25-,27+/m1/s1. The Labute approximate surface area is 201 Å². The number of benzene rings is 2. The van der Waals surface area contributed by atoms with E-state index in [1.807, 2.05) is 31.2 Å². The Bertz CT molecular complexity index is 1360. The van der Waals surface area contributed by atoms with Crippen LogP contribution in [0.1, 0.15) is 28.8 Å². The third-order valence-corrected chi connectivity index (χ3v) is 6.73. The summed E-state index contributed by atoms with van der Waals surface area (Å²) in [4.78, 5) is 16.5. The number of hydrogen-bond acceptors (Lipinski definition) is 4. The van der Waals surface area contributed by atoms with Gasteiger partial charge in [0.15, 0.2) is 0 Å². The van der Waals surface area contributed by atoms with Gasteiger partial charge in [0.2, 0.25) is 5.79 Å². The number of amides is 1. The van der Waals surface area contributed by atoms with Crippen molar-refractivity contribution in [2.45, 2.75) is 37.8 Å². The molecule has 2 N–H and O–H groups in total. The second-order valence-corrected chi connectivity index (χ2v) is 9.18. The number of halogens is 2. The normalized spacial score (nSPS) is 24.4. The minimum absolute atomic E-state index is 0.0109. The lowest BCUT2D eigenvalue weighted by atomic mass is 9.80. The highest BCUT2D eigenvalue weighted by Crippen LogP contribution is 2.41. The molecule has 2 aromatic heterocycles. The highest BCUT2D eigenvalue weighted by Gasteiger charge is 2.52. The minimum atomic E-state index is -2.39. The quantitative estimate of drug-likeness (QED) is 0.442. The van der Waals surface area contributed by atoms with Crippen molar-refractivity contribution in [1.82, 2.24) is 20.1 Å². The van der Waals surface area contributed by atoms with Gasteiger partial charge < -0.3 is 10.4 Å². The lowest BCUT2D eigenvalue weighted by molar-refractivity contribution is -0.153. The van der Waals surface area contributed by atoms with E-state index in [4.69, 9.17) is 0 Å². The van der Waals surface area contributed by atoms with Crippen LogP contribution in [0.5, 0.6) is 0 Å². The molecule has 180 valence electrons. The van der Waals surface area contributed by atoms with Crippen LogP contribution in [-0.4, -0.2) is 44.6 Å². The zero-order valence-corrected chi connectivity index (χ0v) is 19.2. The van der Waals surface area contributed by atoms with E-state index >= 15 is 8.78 Å². The molecular weight excluding hydrogens is 450 g/mol. The molecule has 0 spiro atoms. The van der Waals surface area contributed by atoms with Crippen molar-refractivity contribution >= 4 is 16.8 Å². The van der Waals surface area contributed by atoms with Crippen LogP contribution >= 0.6 is 0 Å². The number of carbonyl (C=O) groups is 1. The zero-order chi connectivity index (χ0) is 24.6. The lowest BCUT2D eigenvalue weighted by Crippen LogP contribution is -2.54. The number of pyridine rings is 1. The number of aryl methyl sites for hydroxylation is 1. The van der Waals surface area contributed by atoms with Crippen molar-refractivity contribution in [2.75, 3.05) is 6.54 Å². The maximum atomic E-state index is 16.0. The molecule has 1 fully saturated rings. The van der Waals surface area contributed by atoms with Crippen LogP contribution in [0.2, 0.25) is 0 Å². The minimum Gasteiger partial charge on any atom is -0.385 e. The van der Waals surface area contributed by atoms with Crippen LogP contribution in [0.4, 0.5) is 8.78 Å². The van der Waals surface area contributed by atoms with E-state index < -0.39 is 24.0 Å². The SMILES string of the molecule is Cc1cncc(-c2ccc3cn([C@@]4(F)CC[C@H](CNC(=O)c5ccccc5)[C@@H](F)[C@H]4O)nc3c2)c1. The summed E-state index contributed by atoms with van der Waals surface area (Å²) in [6.07, 6.45) is 1.28. The molecule has 6 nitrogen and oxygen atoms in total. The Balaban J connectivity index is 1.32. The fraction of sp³-hybridized carbons (Fsp3) is 0.296. The molecule has 5 rings (SSSR count). The van der Waals surface area contributed by atoms with Gasteiger partial charge in [-0.05, 0) is 48.7 Å². The number of fused-ring (bicyclic) bond motifs is 1. The fourth-order valence-electron chi connectivity index (χ4n) is 4.68. The third kappa shape index (κ3) is 4.41. The monoisotopic (exact) mass is 476 g/mol. The number of aromatic nitrogens is 3. The largest absolute Gasteiger partial charge is 0.385 e. The number of aliphatic hydroxyl groups excluding tert-OH is 1. The van der Waals surface area contributed by atoms with Crippen LogP contribution < -0.4 is 5.32 Å². The zero-order valence-electron chi connectivity index (χ0n) is 19.2. The van der Waals surface area contributed by atoms with Crippen molar-refractivity contribution in [2.24, 2.45) is 5.92 Å². The number of alkyl halides is 2. The highest BCUT2D eigenvalue weighted by molar-refractivity contribution is 5.94. The summed E-state index contributed by atoms with van der Waals surface area (Å²) in [6, 6.07) is 16.1.